The Hall–Kier alpha value is -5.33. The first-order chi connectivity index (χ1) is 19.6. The van der Waals surface area contributed by atoms with E-state index in [1.165, 1.54) is 18.2 Å². The van der Waals surface area contributed by atoms with Crippen LogP contribution < -0.4 is 0 Å². The topological polar surface area (TPSA) is 186 Å². The van der Waals surface area contributed by atoms with Crippen LogP contribution in [0.3, 0.4) is 0 Å². The second-order valence-corrected chi connectivity index (χ2v) is 10.3. The summed E-state index contributed by atoms with van der Waals surface area (Å²) in [6.45, 7) is 0. The van der Waals surface area contributed by atoms with Gasteiger partial charge in [-0.1, -0.05) is 24.3 Å². The highest BCUT2D eigenvalue weighted by Gasteiger charge is 2.15. The quantitative estimate of drug-likeness (QED) is 0.119. The zero-order valence-corrected chi connectivity index (χ0v) is 21.9. The van der Waals surface area contributed by atoms with E-state index in [0.29, 0.717) is 38.6 Å². The molecule has 0 atom stereocenters. The SMILES string of the molecule is O=C(O)Cc1c[nH]c2ccc(O)cc12.O=S(=O)(O)c1ccc(N=Nc2ccc(O)c3ncccc23)c2ccccc12. The molecule has 11 nitrogen and oxygen atoms in total. The maximum Gasteiger partial charge on any atom is 0.307 e. The minimum Gasteiger partial charge on any atom is -0.508 e. The van der Waals surface area contributed by atoms with Crippen molar-refractivity contribution in [1.82, 2.24) is 9.97 Å². The van der Waals surface area contributed by atoms with Crippen molar-refractivity contribution >= 4 is 60.0 Å². The number of hydrogen-bond donors (Lipinski definition) is 5. The number of carboxylic acid groups (broad SMARTS) is 1. The summed E-state index contributed by atoms with van der Waals surface area (Å²) in [5, 5.41) is 38.6. The van der Waals surface area contributed by atoms with E-state index in [4.69, 9.17) is 5.11 Å². The van der Waals surface area contributed by atoms with Crippen molar-refractivity contribution < 1.29 is 33.1 Å². The van der Waals surface area contributed by atoms with Gasteiger partial charge in [0.25, 0.3) is 10.1 Å². The number of phenolic OH excluding ortho intramolecular Hbond substituents is 2. The molecule has 0 spiro atoms. The molecule has 2 heterocycles. The van der Waals surface area contributed by atoms with Gasteiger partial charge in [0.05, 0.1) is 17.8 Å². The zero-order chi connectivity index (χ0) is 29.1. The molecule has 0 aliphatic carbocycles. The second kappa shape index (κ2) is 11.0. The molecule has 12 heteroatoms. The van der Waals surface area contributed by atoms with Crippen LogP contribution in [-0.2, 0) is 21.3 Å². The number of aliphatic carboxylic acids is 1. The smallest absolute Gasteiger partial charge is 0.307 e. The van der Waals surface area contributed by atoms with E-state index in [0.717, 1.165) is 10.9 Å². The van der Waals surface area contributed by atoms with Crippen molar-refractivity contribution in [2.75, 3.05) is 0 Å². The lowest BCUT2D eigenvalue weighted by molar-refractivity contribution is -0.136. The Morgan fingerprint density at radius 1 is 0.829 bits per heavy atom. The van der Waals surface area contributed by atoms with Crippen LogP contribution in [0.1, 0.15) is 5.56 Å². The molecule has 0 amide bonds. The molecule has 0 aliphatic rings. The number of aromatic nitrogens is 2. The fourth-order valence-corrected chi connectivity index (χ4v) is 5.08. The van der Waals surface area contributed by atoms with Crippen LogP contribution in [0, 0.1) is 0 Å². The number of carbonyl (C=O) groups is 1. The summed E-state index contributed by atoms with van der Waals surface area (Å²) < 4.78 is 32.6. The summed E-state index contributed by atoms with van der Waals surface area (Å²) in [5.74, 6) is -0.689. The third kappa shape index (κ3) is 5.83. The number of carboxylic acids is 1. The number of benzene rings is 4. The van der Waals surface area contributed by atoms with E-state index in [-0.39, 0.29) is 22.8 Å². The maximum atomic E-state index is 11.6. The fourth-order valence-electron chi connectivity index (χ4n) is 4.38. The Labute approximate surface area is 232 Å². The van der Waals surface area contributed by atoms with Crippen LogP contribution in [0.25, 0.3) is 32.6 Å². The first-order valence-electron chi connectivity index (χ1n) is 12.1. The lowest BCUT2D eigenvalue weighted by atomic mass is 10.1. The third-order valence-corrected chi connectivity index (χ3v) is 7.13. The molecule has 41 heavy (non-hydrogen) atoms. The van der Waals surface area contributed by atoms with Crippen LogP contribution in [-0.4, -0.2) is 44.2 Å². The van der Waals surface area contributed by atoms with Crippen molar-refractivity contribution in [3.8, 4) is 11.5 Å². The van der Waals surface area contributed by atoms with Crippen molar-refractivity contribution in [3.63, 3.8) is 0 Å². The van der Waals surface area contributed by atoms with Gasteiger partial charge in [0.1, 0.15) is 21.9 Å². The number of phenols is 2. The average molecular weight is 571 g/mol. The van der Waals surface area contributed by atoms with Crippen LogP contribution in [0.15, 0.2) is 106 Å². The Bertz CT molecular complexity index is 2070. The average Bonchev–Trinajstić information content (AvgIpc) is 3.33. The van der Waals surface area contributed by atoms with Crippen LogP contribution in [0.5, 0.6) is 11.5 Å². The first kappa shape index (κ1) is 27.2. The molecule has 0 bridgehead atoms. The maximum absolute atomic E-state index is 11.6. The highest BCUT2D eigenvalue weighted by Crippen LogP contribution is 2.35. The molecule has 4 aromatic carbocycles. The summed E-state index contributed by atoms with van der Waals surface area (Å²) in [7, 11) is -4.36. The molecular formula is C29H22N4O7S. The normalized spacial score (nSPS) is 11.6. The fraction of sp³-hybridized carbons (Fsp3) is 0.0345. The van der Waals surface area contributed by atoms with Crippen molar-refractivity contribution in [2.24, 2.45) is 10.2 Å². The number of nitrogens with zero attached hydrogens (tertiary/aromatic N) is 3. The summed E-state index contributed by atoms with van der Waals surface area (Å²) in [6.07, 6.45) is 3.19. The number of rotatable bonds is 5. The van der Waals surface area contributed by atoms with Gasteiger partial charge in [0.2, 0.25) is 0 Å². The molecule has 0 unspecified atom stereocenters. The Kier molecular flexibility index (Phi) is 7.34. The van der Waals surface area contributed by atoms with Crippen LogP contribution in [0.4, 0.5) is 11.4 Å². The minimum absolute atomic E-state index is 0.0382. The number of fused-ring (bicyclic) bond motifs is 3. The molecule has 0 saturated carbocycles. The lowest BCUT2D eigenvalue weighted by Crippen LogP contribution is -1.98. The number of pyridine rings is 1. The number of aromatic amines is 1. The molecule has 6 rings (SSSR count). The predicted molar refractivity (Wildman–Crippen MR) is 153 cm³/mol. The van der Waals surface area contributed by atoms with E-state index in [9.17, 15) is 28.0 Å². The van der Waals surface area contributed by atoms with Gasteiger partial charge in [-0.2, -0.15) is 8.42 Å². The molecule has 0 saturated heterocycles. The van der Waals surface area contributed by atoms with Gasteiger partial charge < -0.3 is 20.3 Å². The zero-order valence-electron chi connectivity index (χ0n) is 21.1. The predicted octanol–water partition coefficient (Wildman–Crippen LogP) is 6.26. The van der Waals surface area contributed by atoms with Gasteiger partial charge in [-0.15, -0.1) is 10.2 Å². The van der Waals surface area contributed by atoms with Crippen molar-refractivity contribution in [2.45, 2.75) is 11.3 Å². The summed E-state index contributed by atoms with van der Waals surface area (Å²) in [6, 6.07) is 21.0. The van der Waals surface area contributed by atoms with Crippen LogP contribution in [0.2, 0.25) is 0 Å². The molecule has 206 valence electrons. The van der Waals surface area contributed by atoms with Crippen molar-refractivity contribution in [3.05, 3.63) is 96.8 Å². The highest BCUT2D eigenvalue weighted by atomic mass is 32.2. The van der Waals surface area contributed by atoms with Gasteiger partial charge >= 0.3 is 5.97 Å². The molecular weight excluding hydrogens is 548 g/mol. The van der Waals surface area contributed by atoms with Gasteiger partial charge in [-0.3, -0.25) is 14.3 Å². The minimum atomic E-state index is -4.36. The summed E-state index contributed by atoms with van der Waals surface area (Å²) in [4.78, 5) is 17.4. The number of aromatic hydroxyl groups is 2. The number of nitrogens with one attached hydrogen (secondary N) is 1. The Balaban J connectivity index is 0.000000202. The first-order valence-corrected chi connectivity index (χ1v) is 13.5. The van der Waals surface area contributed by atoms with Crippen LogP contribution >= 0.6 is 0 Å². The van der Waals surface area contributed by atoms with E-state index < -0.39 is 16.1 Å². The van der Waals surface area contributed by atoms with Crippen molar-refractivity contribution in [1.29, 1.82) is 0 Å². The second-order valence-electron chi connectivity index (χ2n) is 8.92. The molecule has 0 aliphatic heterocycles. The number of hydrogen-bond acceptors (Lipinski definition) is 8. The number of H-pyrrole nitrogens is 1. The number of azo groups is 1. The molecule has 2 aromatic heterocycles. The van der Waals surface area contributed by atoms with Gasteiger partial charge in [0, 0.05) is 39.5 Å². The van der Waals surface area contributed by atoms with E-state index in [2.05, 4.69) is 20.2 Å². The largest absolute Gasteiger partial charge is 0.508 e. The third-order valence-electron chi connectivity index (χ3n) is 6.22. The monoisotopic (exact) mass is 570 g/mol. The van der Waals surface area contributed by atoms with E-state index >= 15 is 0 Å². The van der Waals surface area contributed by atoms with E-state index in [1.54, 1.807) is 73.1 Å². The lowest BCUT2D eigenvalue weighted by Gasteiger charge is -2.06. The summed E-state index contributed by atoms with van der Waals surface area (Å²) >= 11 is 0. The highest BCUT2D eigenvalue weighted by molar-refractivity contribution is 7.86. The Morgan fingerprint density at radius 2 is 1.51 bits per heavy atom. The van der Waals surface area contributed by atoms with Gasteiger partial charge in [0.15, 0.2) is 0 Å². The molecule has 5 N–H and O–H groups in total. The standard InChI is InChI=1S/C19H13N3O4S.C10H9NO3/c23-17-9-7-16(14-6-3-11-20-19(14)17)22-21-15-8-10-18(27(24,25)26)13-5-2-1-4-12(13)15;12-7-1-2-9-8(4-7)6(5-11-9)3-10(13)14/h1-11,23H,(H,24,25,26);1-2,4-5,11-12H,3H2,(H,13,14). The molecule has 0 fully saturated rings. The van der Waals surface area contributed by atoms with E-state index in [1.807, 2.05) is 0 Å². The Morgan fingerprint density at radius 3 is 2.24 bits per heavy atom. The summed E-state index contributed by atoms with van der Waals surface area (Å²) in [5.41, 5.74) is 2.89. The van der Waals surface area contributed by atoms with Gasteiger partial charge in [-0.05, 0) is 60.2 Å². The molecule has 0 radical (unpaired) electrons. The molecule has 6 aromatic rings. The van der Waals surface area contributed by atoms with Gasteiger partial charge in [-0.25, -0.2) is 0 Å².